The molecule has 1 rings (SSSR count). The highest BCUT2D eigenvalue weighted by Gasteiger charge is 2.13. The lowest BCUT2D eigenvalue weighted by Gasteiger charge is -2.13. The molecule has 2 N–H and O–H groups in total. The van der Waals surface area contributed by atoms with Crippen molar-refractivity contribution in [2.75, 3.05) is 0 Å². The largest absolute Gasteiger partial charge is 0.324 e. The third kappa shape index (κ3) is 6.00. The Bertz CT molecular complexity index is 379. The maximum Gasteiger partial charge on any atom is 0.163 e. The van der Waals surface area contributed by atoms with Crippen LogP contribution in [0.3, 0.4) is 0 Å². The summed E-state index contributed by atoms with van der Waals surface area (Å²) in [6.45, 7) is 2.22. The maximum absolute atomic E-state index is 13.5. The third-order valence-corrected chi connectivity index (χ3v) is 3.75. The van der Waals surface area contributed by atoms with Gasteiger partial charge in [-0.3, -0.25) is 0 Å². The Morgan fingerprint density at radius 3 is 2.20 bits per heavy atom. The minimum absolute atomic E-state index is 0.299. The summed E-state index contributed by atoms with van der Waals surface area (Å²) in [6.07, 6.45) is 10.5. The Morgan fingerprint density at radius 2 is 1.55 bits per heavy atom. The number of benzene rings is 1. The normalized spacial score (nSPS) is 12.6. The third-order valence-electron chi connectivity index (χ3n) is 3.75. The summed E-state index contributed by atoms with van der Waals surface area (Å²) >= 11 is 0. The van der Waals surface area contributed by atoms with Crippen molar-refractivity contribution in [1.82, 2.24) is 0 Å². The zero-order chi connectivity index (χ0) is 14.8. The number of hydrogen-bond acceptors (Lipinski definition) is 1. The van der Waals surface area contributed by atoms with Gasteiger partial charge in [0.1, 0.15) is 0 Å². The quantitative estimate of drug-likeness (QED) is 0.564. The van der Waals surface area contributed by atoms with Crippen LogP contribution in [-0.4, -0.2) is 0 Å². The van der Waals surface area contributed by atoms with Gasteiger partial charge in [-0.1, -0.05) is 70.4 Å². The molecule has 0 fully saturated rings. The van der Waals surface area contributed by atoms with Crippen molar-refractivity contribution >= 4 is 0 Å². The van der Waals surface area contributed by atoms with E-state index in [0.29, 0.717) is 5.56 Å². The molecule has 1 aromatic carbocycles. The summed E-state index contributed by atoms with van der Waals surface area (Å²) in [5, 5.41) is 0. The number of nitrogens with two attached hydrogens (primary N) is 1. The second-order valence-corrected chi connectivity index (χ2v) is 5.51. The zero-order valence-electron chi connectivity index (χ0n) is 12.5. The van der Waals surface area contributed by atoms with Crippen LogP contribution < -0.4 is 5.73 Å². The van der Waals surface area contributed by atoms with Crippen molar-refractivity contribution in [2.24, 2.45) is 5.73 Å². The second-order valence-electron chi connectivity index (χ2n) is 5.51. The Balaban J connectivity index is 2.17. The molecular formula is C17H27F2N. The highest BCUT2D eigenvalue weighted by Crippen LogP contribution is 2.22. The first-order valence-corrected chi connectivity index (χ1v) is 7.86. The molecule has 0 aliphatic rings. The molecule has 0 spiro atoms. The van der Waals surface area contributed by atoms with E-state index in [1.54, 1.807) is 6.07 Å². The van der Waals surface area contributed by atoms with Crippen LogP contribution in [-0.2, 0) is 0 Å². The minimum atomic E-state index is -0.811. The number of unbranched alkanes of at least 4 members (excludes halogenated alkanes) is 7. The average Bonchev–Trinajstić information content (AvgIpc) is 2.44. The summed E-state index contributed by atoms with van der Waals surface area (Å²) in [7, 11) is 0. The summed E-state index contributed by atoms with van der Waals surface area (Å²) in [5.41, 5.74) is 6.24. The molecule has 1 nitrogen and oxygen atoms in total. The Hall–Kier alpha value is -0.960. The van der Waals surface area contributed by atoms with E-state index in [0.717, 1.165) is 25.3 Å². The van der Waals surface area contributed by atoms with Crippen molar-refractivity contribution in [1.29, 1.82) is 0 Å². The fraction of sp³-hybridized carbons (Fsp3) is 0.647. The van der Waals surface area contributed by atoms with Gasteiger partial charge in [0.15, 0.2) is 11.6 Å². The first-order chi connectivity index (χ1) is 9.66. The van der Waals surface area contributed by atoms with Gasteiger partial charge in [0, 0.05) is 11.6 Å². The Kier molecular flexibility index (Phi) is 8.43. The van der Waals surface area contributed by atoms with Gasteiger partial charge in [-0.2, -0.15) is 0 Å². The van der Waals surface area contributed by atoms with Gasteiger partial charge < -0.3 is 5.73 Å². The lowest BCUT2D eigenvalue weighted by molar-refractivity contribution is 0.475. The maximum atomic E-state index is 13.5. The van der Waals surface area contributed by atoms with Crippen LogP contribution in [0.5, 0.6) is 0 Å². The molecule has 0 bridgehead atoms. The molecule has 0 saturated heterocycles. The van der Waals surface area contributed by atoms with Gasteiger partial charge in [-0.15, -0.1) is 0 Å². The van der Waals surface area contributed by atoms with Gasteiger partial charge in [0.25, 0.3) is 0 Å². The smallest absolute Gasteiger partial charge is 0.163 e. The van der Waals surface area contributed by atoms with Crippen LogP contribution in [0.2, 0.25) is 0 Å². The predicted octanol–water partition coefficient (Wildman–Crippen LogP) is 5.50. The minimum Gasteiger partial charge on any atom is -0.324 e. The van der Waals surface area contributed by atoms with Crippen LogP contribution >= 0.6 is 0 Å². The van der Waals surface area contributed by atoms with E-state index in [1.165, 1.54) is 44.6 Å². The standard InChI is InChI=1S/C17H27F2N/c1-2-3-4-5-6-7-8-9-13-16(20)14-11-10-12-15(18)17(14)19/h10-12,16H,2-9,13,20H2,1H3. The molecule has 0 aliphatic heterocycles. The van der Waals surface area contributed by atoms with E-state index in [-0.39, 0.29) is 0 Å². The molecule has 20 heavy (non-hydrogen) atoms. The van der Waals surface area contributed by atoms with E-state index < -0.39 is 17.7 Å². The van der Waals surface area contributed by atoms with E-state index in [2.05, 4.69) is 6.92 Å². The first-order valence-electron chi connectivity index (χ1n) is 7.86. The fourth-order valence-corrected chi connectivity index (χ4v) is 2.46. The molecule has 0 aromatic heterocycles. The van der Waals surface area contributed by atoms with Crippen LogP contribution in [0.15, 0.2) is 18.2 Å². The van der Waals surface area contributed by atoms with Gasteiger partial charge in [-0.25, -0.2) is 8.78 Å². The van der Waals surface area contributed by atoms with E-state index >= 15 is 0 Å². The van der Waals surface area contributed by atoms with Crippen molar-refractivity contribution in [3.63, 3.8) is 0 Å². The zero-order valence-corrected chi connectivity index (χ0v) is 12.5. The summed E-state index contributed by atoms with van der Waals surface area (Å²) in [5.74, 6) is -1.60. The molecule has 0 heterocycles. The summed E-state index contributed by atoms with van der Waals surface area (Å²) in [6, 6.07) is 3.82. The number of hydrogen-bond donors (Lipinski definition) is 1. The number of rotatable bonds is 10. The first kappa shape index (κ1) is 17.1. The fourth-order valence-electron chi connectivity index (χ4n) is 2.46. The molecule has 1 aromatic rings. The molecular weight excluding hydrogens is 256 g/mol. The monoisotopic (exact) mass is 283 g/mol. The number of halogens is 2. The molecule has 3 heteroatoms. The predicted molar refractivity (Wildman–Crippen MR) is 80.5 cm³/mol. The highest BCUT2D eigenvalue weighted by atomic mass is 19.2. The highest BCUT2D eigenvalue weighted by molar-refractivity contribution is 5.22. The van der Waals surface area contributed by atoms with Crippen molar-refractivity contribution in [2.45, 2.75) is 70.8 Å². The molecule has 1 atom stereocenters. The molecule has 1 unspecified atom stereocenters. The second kappa shape index (κ2) is 9.87. The van der Waals surface area contributed by atoms with Crippen LogP contribution in [0.1, 0.15) is 76.3 Å². The van der Waals surface area contributed by atoms with Crippen molar-refractivity contribution in [3.05, 3.63) is 35.4 Å². The molecule has 0 aliphatic carbocycles. The van der Waals surface area contributed by atoms with Crippen molar-refractivity contribution < 1.29 is 8.78 Å². The van der Waals surface area contributed by atoms with Crippen LogP contribution in [0, 0.1) is 11.6 Å². The van der Waals surface area contributed by atoms with E-state index in [1.807, 2.05) is 0 Å². The Morgan fingerprint density at radius 1 is 0.950 bits per heavy atom. The van der Waals surface area contributed by atoms with Gasteiger partial charge in [-0.05, 0) is 12.5 Å². The SMILES string of the molecule is CCCCCCCCCCC(N)c1cccc(F)c1F. The van der Waals surface area contributed by atoms with Crippen LogP contribution in [0.25, 0.3) is 0 Å². The molecule has 0 radical (unpaired) electrons. The van der Waals surface area contributed by atoms with Crippen LogP contribution in [0.4, 0.5) is 8.78 Å². The molecule has 0 saturated carbocycles. The molecule has 0 amide bonds. The Labute approximate surface area is 121 Å². The lowest BCUT2D eigenvalue weighted by Crippen LogP contribution is -2.12. The summed E-state index contributed by atoms with van der Waals surface area (Å²) in [4.78, 5) is 0. The molecule has 114 valence electrons. The lowest BCUT2D eigenvalue weighted by atomic mass is 9.99. The van der Waals surface area contributed by atoms with E-state index in [9.17, 15) is 8.78 Å². The average molecular weight is 283 g/mol. The van der Waals surface area contributed by atoms with E-state index in [4.69, 9.17) is 5.73 Å². The van der Waals surface area contributed by atoms with Crippen molar-refractivity contribution in [3.8, 4) is 0 Å². The topological polar surface area (TPSA) is 26.0 Å². The van der Waals surface area contributed by atoms with Gasteiger partial charge in [0.05, 0.1) is 0 Å². The van der Waals surface area contributed by atoms with Gasteiger partial charge >= 0.3 is 0 Å². The van der Waals surface area contributed by atoms with Gasteiger partial charge in [0.2, 0.25) is 0 Å². The summed E-state index contributed by atoms with van der Waals surface area (Å²) < 4.78 is 26.6.